The molecule has 0 unspecified atom stereocenters. The lowest BCUT2D eigenvalue weighted by Crippen LogP contribution is -2.27. The molecule has 0 radical (unpaired) electrons. The number of fused-ring (bicyclic) bond motifs is 2. The first-order chi connectivity index (χ1) is 22.2. The first-order valence-corrected chi connectivity index (χ1v) is 15.5. The fourth-order valence-electron chi connectivity index (χ4n) is 5.80. The van der Waals surface area contributed by atoms with Gasteiger partial charge in [0.25, 0.3) is 11.8 Å². The van der Waals surface area contributed by atoms with Crippen molar-refractivity contribution in [2.45, 2.75) is 46.3 Å². The Morgan fingerprint density at radius 1 is 0.848 bits per heavy atom. The molecule has 2 aromatic carbocycles. The van der Waals surface area contributed by atoms with Crippen molar-refractivity contribution in [3.63, 3.8) is 0 Å². The van der Waals surface area contributed by atoms with Gasteiger partial charge in [0.15, 0.2) is 0 Å². The van der Waals surface area contributed by atoms with E-state index in [1.807, 2.05) is 108 Å². The highest BCUT2D eigenvalue weighted by Crippen LogP contribution is 2.20. The minimum absolute atomic E-state index is 0.306. The maximum absolute atomic E-state index is 13.5. The zero-order valence-electron chi connectivity index (χ0n) is 26.4. The first-order valence-electron chi connectivity index (χ1n) is 15.0. The molecular weight excluding hydrogens is 604 g/mol. The average molecular weight is 639 g/mol. The van der Waals surface area contributed by atoms with Crippen LogP contribution in [-0.4, -0.2) is 50.1 Å². The number of allylic oxidation sites excluding steroid dienone is 2. The second-order valence-electron chi connectivity index (χ2n) is 11.1. The molecule has 4 aromatic heterocycles. The predicted octanol–water partition coefficient (Wildman–Crippen LogP) is 4.31. The van der Waals surface area contributed by atoms with Gasteiger partial charge >= 0.3 is 0 Å². The van der Waals surface area contributed by atoms with Gasteiger partial charge in [-0.2, -0.15) is 20.2 Å². The third-order valence-corrected chi connectivity index (χ3v) is 8.28. The number of alkyl halides is 1. The SMILES string of the molecule is CCn1nc(C)cc1C(=O)/N=c1\n(C)c2cccc(CCl)c2n1C/C=C/Cn1/c(=N/C(=O)c2cc(C)n[nH]2)n(C)c2ccccc21. The molecule has 6 aromatic rings. The average Bonchev–Trinajstić information content (AvgIpc) is 3.80. The second kappa shape index (κ2) is 12.6. The molecule has 6 rings (SSSR count). The second-order valence-corrected chi connectivity index (χ2v) is 11.3. The van der Waals surface area contributed by atoms with Gasteiger partial charge in [-0.25, -0.2) is 0 Å². The van der Waals surface area contributed by atoms with Gasteiger partial charge in [-0.3, -0.25) is 19.4 Å². The smallest absolute Gasteiger partial charge is 0.298 e. The molecule has 0 saturated carbocycles. The lowest BCUT2D eigenvalue weighted by atomic mass is 10.2. The number of carbonyl (C=O) groups is 2. The molecule has 46 heavy (non-hydrogen) atoms. The van der Waals surface area contributed by atoms with Crippen LogP contribution < -0.4 is 11.2 Å². The standard InChI is InChI=1S/C33H35ClN10O2/c1-6-44-28(19-22(3)39-44)31(46)36-33-41(5)27-15-11-12-23(20-34)29(27)43(33)17-10-9-16-42-26-14-8-7-13-25(26)40(4)32(42)35-30(45)24-18-21(2)37-38-24/h7-15,18-19H,6,16-17,20H2,1-5H3,(H,37,38)/b10-9+,35-32+,36-33+. The highest BCUT2D eigenvalue weighted by atomic mass is 35.5. The molecule has 0 bridgehead atoms. The molecule has 4 heterocycles. The Bertz CT molecular complexity index is 2290. The highest BCUT2D eigenvalue weighted by molar-refractivity contribution is 6.17. The van der Waals surface area contributed by atoms with E-state index in [0.717, 1.165) is 33.3 Å². The Labute approximate surface area is 269 Å². The molecule has 2 amide bonds. The largest absolute Gasteiger partial charge is 0.313 e. The van der Waals surface area contributed by atoms with Crippen LogP contribution in [0.3, 0.4) is 0 Å². The Balaban J connectivity index is 1.40. The van der Waals surface area contributed by atoms with E-state index in [4.69, 9.17) is 11.6 Å². The molecule has 0 saturated heterocycles. The van der Waals surface area contributed by atoms with E-state index < -0.39 is 5.91 Å². The quantitative estimate of drug-likeness (QED) is 0.197. The molecule has 1 N–H and O–H groups in total. The van der Waals surface area contributed by atoms with Gasteiger partial charge in [-0.1, -0.05) is 36.4 Å². The number of rotatable bonds is 8. The minimum atomic E-state index is -0.403. The maximum atomic E-state index is 13.5. The number of hydrogen-bond donors (Lipinski definition) is 1. The van der Waals surface area contributed by atoms with Crippen LogP contribution in [-0.2, 0) is 39.6 Å². The summed E-state index contributed by atoms with van der Waals surface area (Å²) >= 11 is 6.39. The van der Waals surface area contributed by atoms with Crippen LogP contribution in [0.5, 0.6) is 0 Å². The van der Waals surface area contributed by atoms with Crippen molar-refractivity contribution in [1.82, 2.24) is 38.2 Å². The Kier molecular flexibility index (Phi) is 8.46. The van der Waals surface area contributed by atoms with Crippen LogP contribution in [0.1, 0.15) is 44.9 Å². The summed E-state index contributed by atoms with van der Waals surface area (Å²) in [6.45, 7) is 7.05. The van der Waals surface area contributed by atoms with E-state index in [2.05, 4.69) is 25.3 Å². The number of para-hydroxylation sites is 3. The van der Waals surface area contributed by atoms with Gasteiger partial charge < -0.3 is 18.3 Å². The number of benzene rings is 2. The molecule has 0 spiro atoms. The van der Waals surface area contributed by atoms with Gasteiger partial charge in [-0.05, 0) is 56.7 Å². The lowest BCUT2D eigenvalue weighted by molar-refractivity contribution is 0.0980. The first kappa shape index (κ1) is 30.8. The van der Waals surface area contributed by atoms with Crippen LogP contribution >= 0.6 is 11.6 Å². The number of carbonyl (C=O) groups excluding carboxylic acids is 2. The molecule has 0 atom stereocenters. The van der Waals surface area contributed by atoms with Crippen molar-refractivity contribution in [2.75, 3.05) is 0 Å². The van der Waals surface area contributed by atoms with Crippen molar-refractivity contribution < 1.29 is 9.59 Å². The molecular formula is C33H35ClN10O2. The van der Waals surface area contributed by atoms with Crippen molar-refractivity contribution >= 4 is 45.5 Å². The Hall–Kier alpha value is -5.23. The van der Waals surface area contributed by atoms with Crippen molar-refractivity contribution in [1.29, 1.82) is 0 Å². The number of imidazole rings is 2. The van der Waals surface area contributed by atoms with Gasteiger partial charge in [0.05, 0.1) is 33.5 Å². The van der Waals surface area contributed by atoms with Crippen LogP contribution in [0.25, 0.3) is 22.1 Å². The normalized spacial score (nSPS) is 12.8. The van der Waals surface area contributed by atoms with E-state index >= 15 is 0 Å². The van der Waals surface area contributed by atoms with Crippen molar-refractivity contribution in [3.8, 4) is 0 Å². The molecule has 0 aliphatic rings. The van der Waals surface area contributed by atoms with Gasteiger partial charge in [0, 0.05) is 39.6 Å². The zero-order chi connectivity index (χ0) is 32.5. The van der Waals surface area contributed by atoms with Gasteiger partial charge in [0.2, 0.25) is 11.2 Å². The number of halogens is 1. The topological polar surface area (TPSA) is 125 Å². The third-order valence-electron chi connectivity index (χ3n) is 7.99. The summed E-state index contributed by atoms with van der Waals surface area (Å²) in [5.74, 6) is -0.464. The van der Waals surface area contributed by atoms with Crippen molar-refractivity contribution in [3.05, 3.63) is 106 Å². The summed E-state index contributed by atoms with van der Waals surface area (Å²) in [7, 11) is 3.79. The summed E-state index contributed by atoms with van der Waals surface area (Å²) in [5.41, 5.74) is 7.89. The monoisotopic (exact) mass is 638 g/mol. The fraction of sp³-hybridized carbons (Fsp3) is 0.273. The number of aromatic amines is 1. The summed E-state index contributed by atoms with van der Waals surface area (Å²) in [6, 6.07) is 17.3. The number of nitrogens with one attached hydrogen (secondary N) is 1. The van der Waals surface area contributed by atoms with E-state index in [0.29, 0.717) is 53.8 Å². The fourth-order valence-corrected chi connectivity index (χ4v) is 6.02. The number of H-pyrrole nitrogens is 1. The molecule has 0 aliphatic heterocycles. The Morgan fingerprint density at radius 2 is 1.50 bits per heavy atom. The summed E-state index contributed by atoms with van der Waals surface area (Å²) < 4.78 is 9.48. The molecule has 12 nitrogen and oxygen atoms in total. The molecule has 13 heteroatoms. The van der Waals surface area contributed by atoms with Crippen molar-refractivity contribution in [2.24, 2.45) is 24.1 Å². The van der Waals surface area contributed by atoms with Crippen LogP contribution in [0.4, 0.5) is 0 Å². The molecule has 236 valence electrons. The summed E-state index contributed by atoms with van der Waals surface area (Å²) in [6.07, 6.45) is 4.04. The van der Waals surface area contributed by atoms with E-state index in [-0.39, 0.29) is 5.91 Å². The van der Waals surface area contributed by atoms with Crippen LogP contribution in [0.15, 0.2) is 76.7 Å². The lowest BCUT2D eigenvalue weighted by Gasteiger charge is -2.06. The summed E-state index contributed by atoms with van der Waals surface area (Å²) in [5, 5.41) is 11.2. The predicted molar refractivity (Wildman–Crippen MR) is 176 cm³/mol. The minimum Gasteiger partial charge on any atom is -0.313 e. The summed E-state index contributed by atoms with van der Waals surface area (Å²) in [4.78, 5) is 35.6. The van der Waals surface area contributed by atoms with E-state index in [9.17, 15) is 9.59 Å². The third kappa shape index (κ3) is 5.56. The van der Waals surface area contributed by atoms with Crippen LogP contribution in [0, 0.1) is 13.8 Å². The molecule has 0 fully saturated rings. The van der Waals surface area contributed by atoms with E-state index in [1.54, 1.807) is 16.8 Å². The molecule has 0 aliphatic carbocycles. The van der Waals surface area contributed by atoms with Gasteiger partial charge in [-0.15, -0.1) is 11.6 Å². The highest BCUT2D eigenvalue weighted by Gasteiger charge is 2.17. The van der Waals surface area contributed by atoms with E-state index in [1.165, 1.54) is 0 Å². The maximum Gasteiger partial charge on any atom is 0.298 e. The number of nitrogens with zero attached hydrogens (tertiary/aromatic N) is 9. The number of aryl methyl sites for hydroxylation is 5. The zero-order valence-corrected chi connectivity index (χ0v) is 27.2. The van der Waals surface area contributed by atoms with Crippen LogP contribution in [0.2, 0.25) is 0 Å². The number of hydrogen-bond acceptors (Lipinski definition) is 4. The number of amides is 2. The van der Waals surface area contributed by atoms with Gasteiger partial charge in [0.1, 0.15) is 11.4 Å². The number of aromatic nitrogens is 8. The Morgan fingerprint density at radius 3 is 2.20 bits per heavy atom.